The number of anilines is 1. The lowest BCUT2D eigenvalue weighted by Gasteiger charge is -2.19. The van der Waals surface area contributed by atoms with Crippen LogP contribution in [0.15, 0.2) is 77.0 Å². The summed E-state index contributed by atoms with van der Waals surface area (Å²) < 4.78 is 27.2. The number of amides is 2. The number of carbonyl (C=O) groups excluding carboxylic acids is 2. The zero-order valence-corrected chi connectivity index (χ0v) is 19.6. The highest BCUT2D eigenvalue weighted by molar-refractivity contribution is 7.89. The number of carbonyl (C=O) groups is 2. The Hall–Kier alpha value is -3.01. The number of nitrogens with zero attached hydrogens (tertiary/aromatic N) is 1. The van der Waals surface area contributed by atoms with E-state index in [1.807, 2.05) is 30.3 Å². The molecule has 3 aromatic rings. The van der Waals surface area contributed by atoms with Crippen molar-refractivity contribution in [3.8, 4) is 0 Å². The van der Waals surface area contributed by atoms with Crippen molar-refractivity contribution < 1.29 is 18.0 Å². The zero-order chi connectivity index (χ0) is 23.3. The smallest absolute Gasteiger partial charge is 0.262 e. The summed E-state index contributed by atoms with van der Waals surface area (Å²) in [6, 6.07) is 18.3. The topological polar surface area (TPSA) is 95.6 Å². The lowest BCUT2D eigenvalue weighted by molar-refractivity contribution is -0.118. The van der Waals surface area contributed by atoms with E-state index in [1.54, 1.807) is 29.6 Å². The van der Waals surface area contributed by atoms with Crippen molar-refractivity contribution in [3.63, 3.8) is 0 Å². The van der Waals surface area contributed by atoms with E-state index in [0.29, 0.717) is 30.1 Å². The third-order valence-electron chi connectivity index (χ3n) is 5.45. The van der Waals surface area contributed by atoms with Gasteiger partial charge in [-0.1, -0.05) is 42.5 Å². The average molecular weight is 484 g/mol. The van der Waals surface area contributed by atoms with Crippen molar-refractivity contribution >= 4 is 38.9 Å². The lowest BCUT2D eigenvalue weighted by Crippen LogP contribution is -2.45. The molecule has 1 fully saturated rings. The van der Waals surface area contributed by atoms with Gasteiger partial charge >= 0.3 is 0 Å². The Morgan fingerprint density at radius 1 is 0.970 bits per heavy atom. The summed E-state index contributed by atoms with van der Waals surface area (Å²) in [5, 5.41) is 7.39. The van der Waals surface area contributed by atoms with Gasteiger partial charge in [0.1, 0.15) is 6.04 Å². The molecule has 2 aromatic carbocycles. The second kappa shape index (κ2) is 10.3. The third kappa shape index (κ3) is 5.68. The van der Waals surface area contributed by atoms with E-state index < -0.39 is 22.0 Å². The molecule has 0 bridgehead atoms. The minimum atomic E-state index is -3.60. The van der Waals surface area contributed by atoms with Crippen molar-refractivity contribution in [3.05, 3.63) is 82.6 Å². The molecule has 1 atom stereocenters. The van der Waals surface area contributed by atoms with Crippen molar-refractivity contribution in [1.29, 1.82) is 0 Å². The lowest BCUT2D eigenvalue weighted by atomic mass is 10.0. The number of rotatable bonds is 8. The largest absolute Gasteiger partial charge is 0.339 e. The molecular formula is C24H25N3O4S2. The fourth-order valence-electron chi connectivity index (χ4n) is 3.74. The van der Waals surface area contributed by atoms with E-state index in [9.17, 15) is 18.0 Å². The third-order valence-corrected chi connectivity index (χ3v) is 8.22. The molecule has 172 valence electrons. The molecule has 0 unspecified atom stereocenters. The summed E-state index contributed by atoms with van der Waals surface area (Å²) in [6.45, 7) is 1.01. The van der Waals surface area contributed by atoms with Crippen LogP contribution in [0.4, 0.5) is 5.69 Å². The molecular weight excluding hydrogens is 458 g/mol. The average Bonchev–Trinajstić information content (AvgIpc) is 3.54. The first-order chi connectivity index (χ1) is 15.9. The zero-order valence-electron chi connectivity index (χ0n) is 17.9. The molecule has 1 aromatic heterocycles. The molecule has 2 heterocycles. The second-order valence-electron chi connectivity index (χ2n) is 7.82. The van der Waals surface area contributed by atoms with Crippen LogP contribution < -0.4 is 10.6 Å². The highest BCUT2D eigenvalue weighted by Gasteiger charge is 2.28. The van der Waals surface area contributed by atoms with Gasteiger partial charge in [0, 0.05) is 25.2 Å². The van der Waals surface area contributed by atoms with E-state index in [0.717, 1.165) is 18.4 Å². The highest BCUT2D eigenvalue weighted by atomic mass is 32.2. The van der Waals surface area contributed by atoms with Crippen LogP contribution in [0.3, 0.4) is 0 Å². The molecule has 2 N–H and O–H groups in total. The molecule has 33 heavy (non-hydrogen) atoms. The summed E-state index contributed by atoms with van der Waals surface area (Å²) in [5.74, 6) is -0.745. The van der Waals surface area contributed by atoms with Crippen molar-refractivity contribution in [1.82, 2.24) is 9.62 Å². The quantitative estimate of drug-likeness (QED) is 0.513. The molecule has 7 nitrogen and oxygen atoms in total. The van der Waals surface area contributed by atoms with Gasteiger partial charge in [0.15, 0.2) is 0 Å². The van der Waals surface area contributed by atoms with Crippen LogP contribution >= 0.6 is 11.3 Å². The van der Waals surface area contributed by atoms with Gasteiger partial charge in [0.25, 0.3) is 5.91 Å². The monoisotopic (exact) mass is 483 g/mol. The minimum absolute atomic E-state index is 0.143. The van der Waals surface area contributed by atoms with Crippen molar-refractivity contribution in [2.24, 2.45) is 0 Å². The van der Waals surface area contributed by atoms with Crippen LogP contribution in [0.2, 0.25) is 0 Å². The molecule has 9 heteroatoms. The summed E-state index contributed by atoms with van der Waals surface area (Å²) in [5.41, 5.74) is 1.26. The van der Waals surface area contributed by atoms with Gasteiger partial charge in [-0.15, -0.1) is 11.3 Å². The molecule has 4 rings (SSSR count). The Kier molecular flexibility index (Phi) is 7.22. The van der Waals surface area contributed by atoms with E-state index in [-0.39, 0.29) is 10.8 Å². The Morgan fingerprint density at radius 3 is 2.42 bits per heavy atom. The number of sulfonamides is 1. The first-order valence-electron chi connectivity index (χ1n) is 10.7. The van der Waals surface area contributed by atoms with Gasteiger partial charge < -0.3 is 10.6 Å². The minimum Gasteiger partial charge on any atom is -0.339 e. The summed E-state index contributed by atoms with van der Waals surface area (Å²) in [6.07, 6.45) is 2.00. The van der Waals surface area contributed by atoms with Crippen LogP contribution in [0.1, 0.15) is 28.1 Å². The molecule has 1 aliphatic rings. The van der Waals surface area contributed by atoms with E-state index >= 15 is 0 Å². The van der Waals surface area contributed by atoms with Gasteiger partial charge in [-0.3, -0.25) is 9.59 Å². The van der Waals surface area contributed by atoms with E-state index in [1.165, 1.54) is 27.8 Å². The summed E-state index contributed by atoms with van der Waals surface area (Å²) in [4.78, 5) is 26.4. The Balaban J connectivity index is 1.53. The van der Waals surface area contributed by atoms with Crippen molar-refractivity contribution in [2.75, 3.05) is 18.4 Å². The van der Waals surface area contributed by atoms with E-state index in [2.05, 4.69) is 10.6 Å². The maximum Gasteiger partial charge on any atom is 0.262 e. The Bertz CT molecular complexity index is 1210. The Labute approximate surface area is 197 Å². The van der Waals surface area contributed by atoms with Crippen LogP contribution in [0.25, 0.3) is 0 Å². The maximum atomic E-state index is 13.2. The predicted molar refractivity (Wildman–Crippen MR) is 129 cm³/mol. The van der Waals surface area contributed by atoms with Crippen LogP contribution in [0, 0.1) is 0 Å². The fourth-order valence-corrected chi connectivity index (χ4v) is 5.93. The maximum absolute atomic E-state index is 13.2. The van der Waals surface area contributed by atoms with Crippen LogP contribution in [-0.4, -0.2) is 43.7 Å². The van der Waals surface area contributed by atoms with E-state index in [4.69, 9.17) is 0 Å². The SMILES string of the molecule is O=C(N[C@H](Cc1ccccc1)C(=O)Nc1cccc(S(=O)(=O)N2CCCC2)c1)c1cccs1. The van der Waals surface area contributed by atoms with Gasteiger partial charge in [-0.25, -0.2) is 8.42 Å². The summed E-state index contributed by atoms with van der Waals surface area (Å²) in [7, 11) is -3.60. The molecule has 0 spiro atoms. The first-order valence-corrected chi connectivity index (χ1v) is 13.0. The second-order valence-corrected chi connectivity index (χ2v) is 10.7. The highest BCUT2D eigenvalue weighted by Crippen LogP contribution is 2.23. The number of hydrogen-bond acceptors (Lipinski definition) is 5. The number of nitrogens with one attached hydrogen (secondary N) is 2. The van der Waals surface area contributed by atoms with Gasteiger partial charge in [-0.2, -0.15) is 4.31 Å². The molecule has 0 saturated carbocycles. The molecule has 1 aliphatic heterocycles. The van der Waals surface area contributed by atoms with Crippen molar-refractivity contribution in [2.45, 2.75) is 30.2 Å². The summed E-state index contributed by atoms with van der Waals surface area (Å²) >= 11 is 1.30. The molecule has 0 radical (unpaired) electrons. The molecule has 0 aliphatic carbocycles. The standard InChI is InChI=1S/C24H25N3O4S2/c28-23(25-19-10-6-11-20(17-19)33(30,31)27-13-4-5-14-27)21(16-18-8-2-1-3-9-18)26-24(29)22-12-7-15-32-22/h1-3,6-12,15,17,21H,4-5,13-14,16H2,(H,25,28)(H,26,29)/t21-/m1/s1. The number of thiophene rings is 1. The number of benzene rings is 2. The number of hydrogen-bond donors (Lipinski definition) is 2. The van der Waals surface area contributed by atoms with Gasteiger partial charge in [0.05, 0.1) is 9.77 Å². The van der Waals surface area contributed by atoms with Gasteiger partial charge in [-0.05, 0) is 48.1 Å². The fraction of sp³-hybridized carbons (Fsp3) is 0.250. The Morgan fingerprint density at radius 2 is 1.73 bits per heavy atom. The molecule has 1 saturated heterocycles. The van der Waals surface area contributed by atoms with Crippen LogP contribution in [0.5, 0.6) is 0 Å². The first kappa shape index (κ1) is 23.2. The predicted octanol–water partition coefficient (Wildman–Crippen LogP) is 3.51. The van der Waals surface area contributed by atoms with Crippen LogP contribution in [-0.2, 0) is 21.2 Å². The normalized spacial score (nSPS) is 15.2. The molecule has 2 amide bonds. The van der Waals surface area contributed by atoms with Gasteiger partial charge in [0.2, 0.25) is 15.9 Å².